The lowest BCUT2D eigenvalue weighted by Gasteiger charge is -2.29. The van der Waals surface area contributed by atoms with E-state index in [1.165, 1.54) is 17.3 Å². The number of carbonyl (C=O) groups is 2. The Balaban J connectivity index is 1.39. The minimum Gasteiger partial charge on any atom is -0.345 e. The first kappa shape index (κ1) is 25.7. The van der Waals surface area contributed by atoms with Gasteiger partial charge in [-0.1, -0.05) is 59.8 Å². The molecule has 0 fully saturated rings. The number of hydrogen-bond donors (Lipinski definition) is 1. The first-order valence-corrected chi connectivity index (χ1v) is 13.8. The SMILES string of the molecule is Cc1cccc(C(=O)NCc2nnc(SCC(=O)N3CCCc4ccccc43)n2-c2cccc(C)c2C)c1. The van der Waals surface area contributed by atoms with E-state index in [0.717, 1.165) is 47.5 Å². The van der Waals surface area contributed by atoms with E-state index in [1.807, 2.05) is 64.9 Å². The van der Waals surface area contributed by atoms with Crippen LogP contribution in [0.4, 0.5) is 5.69 Å². The topological polar surface area (TPSA) is 80.1 Å². The number of hydrogen-bond acceptors (Lipinski definition) is 5. The Morgan fingerprint density at radius 1 is 0.947 bits per heavy atom. The Labute approximate surface area is 227 Å². The first-order chi connectivity index (χ1) is 18.4. The zero-order valence-electron chi connectivity index (χ0n) is 21.9. The molecule has 1 aromatic heterocycles. The van der Waals surface area contributed by atoms with Crippen molar-refractivity contribution in [3.63, 3.8) is 0 Å². The Hall–Kier alpha value is -3.91. The van der Waals surface area contributed by atoms with E-state index in [2.05, 4.69) is 41.5 Å². The third kappa shape index (κ3) is 5.36. The number of aromatic nitrogens is 3. The van der Waals surface area contributed by atoms with Gasteiger partial charge in [-0.05, 0) is 74.6 Å². The third-order valence-corrected chi connectivity index (χ3v) is 7.85. The molecule has 0 spiro atoms. The van der Waals surface area contributed by atoms with E-state index >= 15 is 0 Å². The number of para-hydroxylation sites is 1. The molecule has 3 aromatic carbocycles. The highest BCUT2D eigenvalue weighted by atomic mass is 32.2. The van der Waals surface area contributed by atoms with E-state index in [9.17, 15) is 9.59 Å². The van der Waals surface area contributed by atoms with Gasteiger partial charge in [0, 0.05) is 17.8 Å². The molecular weight excluding hydrogens is 494 g/mol. The van der Waals surface area contributed by atoms with Crippen LogP contribution >= 0.6 is 11.8 Å². The molecule has 5 rings (SSSR count). The molecule has 0 saturated heterocycles. The summed E-state index contributed by atoms with van der Waals surface area (Å²) in [6.07, 6.45) is 1.95. The van der Waals surface area contributed by atoms with E-state index < -0.39 is 0 Å². The van der Waals surface area contributed by atoms with Crippen molar-refractivity contribution in [2.24, 2.45) is 0 Å². The molecule has 0 saturated carbocycles. The molecule has 4 aromatic rings. The van der Waals surface area contributed by atoms with Crippen LogP contribution in [0.2, 0.25) is 0 Å². The van der Waals surface area contributed by atoms with Gasteiger partial charge in [-0.3, -0.25) is 14.2 Å². The van der Waals surface area contributed by atoms with Gasteiger partial charge in [-0.25, -0.2) is 0 Å². The van der Waals surface area contributed by atoms with Crippen molar-refractivity contribution >= 4 is 29.3 Å². The Morgan fingerprint density at radius 2 is 1.74 bits per heavy atom. The lowest BCUT2D eigenvalue weighted by molar-refractivity contribution is -0.116. The van der Waals surface area contributed by atoms with Crippen molar-refractivity contribution < 1.29 is 9.59 Å². The molecule has 1 aliphatic rings. The van der Waals surface area contributed by atoms with Gasteiger partial charge in [0.25, 0.3) is 5.91 Å². The number of anilines is 1. The largest absolute Gasteiger partial charge is 0.345 e. The van der Waals surface area contributed by atoms with E-state index in [4.69, 9.17) is 0 Å². The molecular formula is C30H31N5O2S. The average molecular weight is 526 g/mol. The van der Waals surface area contributed by atoms with Gasteiger partial charge in [0.2, 0.25) is 5.91 Å². The minimum absolute atomic E-state index is 0.0481. The molecule has 0 aliphatic carbocycles. The van der Waals surface area contributed by atoms with Crippen LogP contribution in [-0.4, -0.2) is 38.9 Å². The highest BCUT2D eigenvalue weighted by Crippen LogP contribution is 2.30. The van der Waals surface area contributed by atoms with Gasteiger partial charge in [-0.2, -0.15) is 0 Å². The van der Waals surface area contributed by atoms with Gasteiger partial charge < -0.3 is 10.2 Å². The number of fused-ring (bicyclic) bond motifs is 1. The molecule has 1 N–H and O–H groups in total. The van der Waals surface area contributed by atoms with Crippen molar-refractivity contribution in [3.8, 4) is 5.69 Å². The monoisotopic (exact) mass is 525 g/mol. The van der Waals surface area contributed by atoms with Crippen molar-refractivity contribution in [2.45, 2.75) is 45.3 Å². The maximum atomic E-state index is 13.3. The lowest BCUT2D eigenvalue weighted by atomic mass is 10.0. The van der Waals surface area contributed by atoms with Gasteiger partial charge in [-0.15, -0.1) is 10.2 Å². The second-order valence-electron chi connectivity index (χ2n) is 9.57. The molecule has 7 nitrogen and oxygen atoms in total. The second-order valence-corrected chi connectivity index (χ2v) is 10.5. The molecule has 38 heavy (non-hydrogen) atoms. The smallest absolute Gasteiger partial charge is 0.251 e. The fourth-order valence-corrected chi connectivity index (χ4v) is 5.61. The van der Waals surface area contributed by atoms with Crippen LogP contribution in [-0.2, 0) is 17.8 Å². The summed E-state index contributed by atoms with van der Waals surface area (Å²) in [5, 5.41) is 12.5. The number of benzene rings is 3. The number of amides is 2. The summed E-state index contributed by atoms with van der Waals surface area (Å²) in [4.78, 5) is 28.0. The van der Waals surface area contributed by atoms with Crippen LogP contribution in [0.15, 0.2) is 71.9 Å². The van der Waals surface area contributed by atoms with Gasteiger partial charge in [0.15, 0.2) is 11.0 Å². The summed E-state index contributed by atoms with van der Waals surface area (Å²) in [5.41, 5.74) is 7.01. The van der Waals surface area contributed by atoms with E-state index in [-0.39, 0.29) is 24.1 Å². The highest BCUT2D eigenvalue weighted by Gasteiger charge is 2.24. The van der Waals surface area contributed by atoms with Gasteiger partial charge in [0.1, 0.15) is 0 Å². The van der Waals surface area contributed by atoms with E-state index in [1.54, 1.807) is 6.07 Å². The summed E-state index contributed by atoms with van der Waals surface area (Å²) >= 11 is 1.37. The number of nitrogens with zero attached hydrogens (tertiary/aromatic N) is 4. The second kappa shape index (κ2) is 11.2. The molecule has 0 unspecified atom stereocenters. The normalized spacial score (nSPS) is 12.8. The van der Waals surface area contributed by atoms with Gasteiger partial charge >= 0.3 is 0 Å². The van der Waals surface area contributed by atoms with Crippen LogP contribution in [0.5, 0.6) is 0 Å². The Bertz CT molecular complexity index is 1500. The standard InChI is InChI=1S/C30H31N5O2S/c1-20-9-6-12-24(17-20)29(37)31-18-27-32-33-30(35(27)25-15-7-10-21(2)22(25)3)38-19-28(36)34-16-8-13-23-11-4-5-14-26(23)34/h4-7,9-12,14-15,17H,8,13,16,18-19H2,1-3H3,(H,31,37). The molecule has 0 bridgehead atoms. The summed E-state index contributed by atoms with van der Waals surface area (Å²) in [6, 6.07) is 21.7. The Morgan fingerprint density at radius 3 is 2.58 bits per heavy atom. The average Bonchev–Trinajstić information content (AvgIpc) is 3.34. The highest BCUT2D eigenvalue weighted by molar-refractivity contribution is 7.99. The molecule has 2 amide bonds. The first-order valence-electron chi connectivity index (χ1n) is 12.8. The van der Waals surface area contributed by atoms with E-state index in [0.29, 0.717) is 16.5 Å². The Kier molecular flexibility index (Phi) is 7.60. The molecule has 0 radical (unpaired) electrons. The maximum Gasteiger partial charge on any atom is 0.251 e. The molecule has 1 aliphatic heterocycles. The molecule has 8 heteroatoms. The fourth-order valence-electron chi connectivity index (χ4n) is 4.77. The number of aryl methyl sites for hydroxylation is 3. The predicted molar refractivity (Wildman–Crippen MR) is 151 cm³/mol. The van der Waals surface area contributed by atoms with Crippen LogP contribution in [0, 0.1) is 20.8 Å². The van der Waals surface area contributed by atoms with Crippen LogP contribution in [0.1, 0.15) is 44.9 Å². The zero-order valence-corrected chi connectivity index (χ0v) is 22.7. The van der Waals surface area contributed by atoms with Gasteiger partial charge in [0.05, 0.1) is 18.0 Å². The minimum atomic E-state index is -0.169. The summed E-state index contributed by atoms with van der Waals surface area (Å²) in [5.74, 6) is 0.731. The van der Waals surface area contributed by atoms with Crippen molar-refractivity contribution in [3.05, 3.63) is 100 Å². The fraction of sp³-hybridized carbons (Fsp3) is 0.267. The van der Waals surface area contributed by atoms with Crippen molar-refractivity contribution in [1.82, 2.24) is 20.1 Å². The quantitative estimate of drug-likeness (QED) is 0.336. The van der Waals surface area contributed by atoms with Crippen molar-refractivity contribution in [1.29, 1.82) is 0 Å². The van der Waals surface area contributed by atoms with Crippen LogP contribution in [0.25, 0.3) is 5.69 Å². The molecule has 194 valence electrons. The maximum absolute atomic E-state index is 13.3. The predicted octanol–water partition coefficient (Wildman–Crippen LogP) is 5.19. The molecule has 2 heterocycles. The summed E-state index contributed by atoms with van der Waals surface area (Å²) < 4.78 is 1.96. The van der Waals surface area contributed by atoms with Crippen LogP contribution < -0.4 is 10.2 Å². The third-order valence-electron chi connectivity index (χ3n) is 6.94. The number of rotatable bonds is 7. The zero-order chi connectivity index (χ0) is 26.6. The number of thioether (sulfide) groups is 1. The number of nitrogens with one attached hydrogen (secondary N) is 1. The lowest BCUT2D eigenvalue weighted by Crippen LogP contribution is -2.36. The summed E-state index contributed by atoms with van der Waals surface area (Å²) in [7, 11) is 0. The number of carbonyl (C=O) groups excluding carboxylic acids is 2. The van der Waals surface area contributed by atoms with Crippen LogP contribution in [0.3, 0.4) is 0 Å². The summed E-state index contributed by atoms with van der Waals surface area (Å²) in [6.45, 7) is 7.01. The molecule has 0 atom stereocenters. The van der Waals surface area contributed by atoms with Crippen molar-refractivity contribution in [2.75, 3.05) is 17.2 Å².